The molecule has 1 amide bonds. The van der Waals surface area contributed by atoms with Crippen molar-refractivity contribution in [2.45, 2.75) is 31.7 Å². The third-order valence-electron chi connectivity index (χ3n) is 2.96. The van der Waals surface area contributed by atoms with Crippen LogP contribution in [0, 0.1) is 0 Å². The number of carboxylic acids is 1. The van der Waals surface area contributed by atoms with Gasteiger partial charge in [0.15, 0.2) is 0 Å². The molecule has 9 heteroatoms. The molecule has 0 bridgehead atoms. The minimum Gasteiger partial charge on any atom is -0.480 e. The highest BCUT2D eigenvalue weighted by Crippen LogP contribution is 2.19. The van der Waals surface area contributed by atoms with Crippen molar-refractivity contribution in [3.8, 4) is 0 Å². The smallest absolute Gasteiger partial charge is 0.322 e. The first-order valence-electron chi connectivity index (χ1n) is 6.08. The second-order valence-corrected chi connectivity index (χ2v) is 5.99. The summed E-state index contributed by atoms with van der Waals surface area (Å²) < 4.78 is 27.2. The zero-order valence-corrected chi connectivity index (χ0v) is 11.6. The number of nitrogens with zero attached hydrogens (tertiary/aromatic N) is 1. The number of piperidine rings is 1. The van der Waals surface area contributed by atoms with Crippen molar-refractivity contribution < 1.29 is 23.1 Å². The Balaban J connectivity index is 2.64. The lowest BCUT2D eigenvalue weighted by molar-refractivity contribution is -0.142. The van der Waals surface area contributed by atoms with E-state index in [4.69, 9.17) is 5.11 Å². The Kier molecular flexibility index (Phi) is 5.70. The number of carbonyl (C=O) groups is 2. The highest BCUT2D eigenvalue weighted by Gasteiger charge is 2.36. The quantitative estimate of drug-likeness (QED) is 0.574. The highest BCUT2D eigenvalue weighted by molar-refractivity contribution is 7.87. The zero-order chi connectivity index (χ0) is 14.5. The van der Waals surface area contributed by atoms with Gasteiger partial charge in [-0.3, -0.25) is 9.59 Å². The number of nitrogens with one attached hydrogen (secondary N) is 2. The third kappa shape index (κ3) is 4.44. The Hall–Kier alpha value is -1.19. The van der Waals surface area contributed by atoms with E-state index in [1.54, 1.807) is 0 Å². The summed E-state index contributed by atoms with van der Waals surface area (Å²) in [6, 6.07) is -1.02. The summed E-state index contributed by atoms with van der Waals surface area (Å²) in [7, 11) is -2.40. The molecule has 8 nitrogen and oxygen atoms in total. The van der Waals surface area contributed by atoms with Gasteiger partial charge in [-0.05, 0) is 19.3 Å². The second-order valence-electron chi connectivity index (χ2n) is 4.28. The van der Waals surface area contributed by atoms with Crippen molar-refractivity contribution in [2.24, 2.45) is 0 Å². The lowest BCUT2D eigenvalue weighted by Gasteiger charge is -2.31. The van der Waals surface area contributed by atoms with E-state index in [0.29, 0.717) is 19.3 Å². The summed E-state index contributed by atoms with van der Waals surface area (Å²) in [6.45, 7) is 0.136. The molecule has 0 spiro atoms. The molecule has 0 aromatic carbocycles. The van der Waals surface area contributed by atoms with Gasteiger partial charge in [0, 0.05) is 26.6 Å². The Labute approximate surface area is 112 Å². The summed E-state index contributed by atoms with van der Waals surface area (Å²) in [5.74, 6) is -1.42. The van der Waals surface area contributed by atoms with Gasteiger partial charge in [0.2, 0.25) is 5.91 Å². The Bertz CT molecular complexity index is 436. The predicted molar refractivity (Wildman–Crippen MR) is 67.6 cm³/mol. The maximum atomic E-state index is 12.0. The van der Waals surface area contributed by atoms with Crippen LogP contribution in [0.4, 0.5) is 0 Å². The van der Waals surface area contributed by atoms with Crippen LogP contribution in [0.25, 0.3) is 0 Å². The molecule has 0 radical (unpaired) electrons. The van der Waals surface area contributed by atoms with Crippen molar-refractivity contribution in [3.05, 3.63) is 0 Å². The van der Waals surface area contributed by atoms with Crippen LogP contribution < -0.4 is 10.0 Å². The van der Waals surface area contributed by atoms with E-state index in [9.17, 15) is 18.0 Å². The van der Waals surface area contributed by atoms with Crippen LogP contribution in [-0.4, -0.2) is 55.9 Å². The van der Waals surface area contributed by atoms with E-state index in [-0.39, 0.29) is 25.4 Å². The molecule has 1 saturated heterocycles. The SMILES string of the molecule is CNC(=O)CCNS(=O)(=O)N1CCCCC1C(=O)O. The average molecular weight is 293 g/mol. The molecular weight excluding hydrogens is 274 g/mol. The fourth-order valence-corrected chi connectivity index (χ4v) is 3.37. The van der Waals surface area contributed by atoms with Crippen LogP contribution in [0.5, 0.6) is 0 Å². The molecule has 0 aliphatic carbocycles. The van der Waals surface area contributed by atoms with E-state index in [1.807, 2.05) is 0 Å². The van der Waals surface area contributed by atoms with Crippen LogP contribution in [-0.2, 0) is 19.8 Å². The summed E-state index contributed by atoms with van der Waals surface area (Å²) in [4.78, 5) is 22.0. The van der Waals surface area contributed by atoms with Gasteiger partial charge in [0.05, 0.1) is 0 Å². The van der Waals surface area contributed by atoms with Gasteiger partial charge in [-0.1, -0.05) is 0 Å². The van der Waals surface area contributed by atoms with Gasteiger partial charge < -0.3 is 10.4 Å². The van der Waals surface area contributed by atoms with E-state index in [2.05, 4.69) is 10.0 Å². The molecule has 0 saturated carbocycles. The molecule has 1 rings (SSSR count). The Morgan fingerprint density at radius 3 is 2.63 bits per heavy atom. The molecular formula is C10H19N3O5S. The molecule has 0 aromatic rings. The largest absolute Gasteiger partial charge is 0.480 e. The van der Waals surface area contributed by atoms with Crippen LogP contribution in [0.2, 0.25) is 0 Å². The molecule has 1 fully saturated rings. The number of rotatable bonds is 6. The van der Waals surface area contributed by atoms with Crippen molar-refractivity contribution in [1.82, 2.24) is 14.3 Å². The van der Waals surface area contributed by atoms with Crippen LogP contribution in [0.15, 0.2) is 0 Å². The Morgan fingerprint density at radius 1 is 1.37 bits per heavy atom. The van der Waals surface area contributed by atoms with Crippen LogP contribution >= 0.6 is 0 Å². The minimum atomic E-state index is -3.86. The number of carboxylic acid groups (broad SMARTS) is 1. The predicted octanol–water partition coefficient (Wildman–Crippen LogP) is -1.10. The van der Waals surface area contributed by atoms with Crippen LogP contribution in [0.3, 0.4) is 0 Å². The zero-order valence-electron chi connectivity index (χ0n) is 10.8. The van der Waals surface area contributed by atoms with Crippen molar-refractivity contribution in [3.63, 3.8) is 0 Å². The van der Waals surface area contributed by atoms with Gasteiger partial charge in [0.1, 0.15) is 6.04 Å². The van der Waals surface area contributed by atoms with E-state index < -0.39 is 22.2 Å². The maximum absolute atomic E-state index is 12.0. The summed E-state index contributed by atoms with van der Waals surface area (Å²) in [5, 5.41) is 11.4. The number of amides is 1. The average Bonchev–Trinajstić information content (AvgIpc) is 2.38. The first kappa shape index (κ1) is 15.9. The highest BCUT2D eigenvalue weighted by atomic mass is 32.2. The number of aliphatic carboxylic acids is 1. The summed E-state index contributed by atoms with van der Waals surface area (Å²) in [6.07, 6.45) is 1.66. The maximum Gasteiger partial charge on any atom is 0.322 e. The van der Waals surface area contributed by atoms with Crippen molar-refractivity contribution in [2.75, 3.05) is 20.1 Å². The normalized spacial score (nSPS) is 21.0. The molecule has 1 aliphatic heterocycles. The van der Waals surface area contributed by atoms with Gasteiger partial charge in [-0.15, -0.1) is 0 Å². The Morgan fingerprint density at radius 2 is 2.05 bits per heavy atom. The first-order valence-corrected chi connectivity index (χ1v) is 7.52. The van der Waals surface area contributed by atoms with E-state index in [0.717, 1.165) is 4.31 Å². The van der Waals surface area contributed by atoms with Crippen molar-refractivity contribution in [1.29, 1.82) is 0 Å². The third-order valence-corrected chi connectivity index (χ3v) is 4.59. The topological polar surface area (TPSA) is 116 Å². The minimum absolute atomic E-state index is 0.0152. The summed E-state index contributed by atoms with van der Waals surface area (Å²) in [5.41, 5.74) is 0. The van der Waals surface area contributed by atoms with Gasteiger partial charge >= 0.3 is 5.97 Å². The molecule has 1 aliphatic rings. The number of hydrogen-bond donors (Lipinski definition) is 3. The van der Waals surface area contributed by atoms with Crippen LogP contribution in [0.1, 0.15) is 25.7 Å². The van der Waals surface area contributed by atoms with Gasteiger partial charge in [0.25, 0.3) is 10.2 Å². The van der Waals surface area contributed by atoms with E-state index >= 15 is 0 Å². The second kappa shape index (κ2) is 6.83. The van der Waals surface area contributed by atoms with Crippen molar-refractivity contribution >= 4 is 22.1 Å². The lowest BCUT2D eigenvalue weighted by Crippen LogP contribution is -2.52. The molecule has 0 aromatic heterocycles. The van der Waals surface area contributed by atoms with Gasteiger partial charge in [-0.25, -0.2) is 4.72 Å². The van der Waals surface area contributed by atoms with Gasteiger partial charge in [-0.2, -0.15) is 12.7 Å². The first-order chi connectivity index (χ1) is 8.88. The molecule has 3 N–H and O–H groups in total. The molecule has 1 heterocycles. The lowest BCUT2D eigenvalue weighted by atomic mass is 10.1. The molecule has 1 atom stereocenters. The molecule has 19 heavy (non-hydrogen) atoms. The molecule has 110 valence electrons. The van der Waals surface area contributed by atoms with E-state index in [1.165, 1.54) is 7.05 Å². The number of carbonyl (C=O) groups excluding carboxylic acids is 1. The fraction of sp³-hybridized carbons (Fsp3) is 0.800. The number of hydrogen-bond acceptors (Lipinski definition) is 4. The summed E-state index contributed by atoms with van der Waals surface area (Å²) >= 11 is 0. The monoisotopic (exact) mass is 293 g/mol. The molecule has 1 unspecified atom stereocenters. The standard InChI is InChI=1S/C10H19N3O5S/c1-11-9(14)5-6-12-19(17,18)13-7-3-2-4-8(13)10(15)16/h8,12H,2-7H2,1H3,(H,11,14)(H,15,16). The fourth-order valence-electron chi connectivity index (χ4n) is 1.94.